The van der Waals surface area contributed by atoms with Gasteiger partial charge < -0.3 is 9.88 Å². The molecule has 1 aliphatic rings. The van der Waals surface area contributed by atoms with Gasteiger partial charge in [-0.2, -0.15) is 0 Å². The number of hydrogen-bond acceptors (Lipinski definition) is 5. The van der Waals surface area contributed by atoms with Crippen molar-refractivity contribution in [1.82, 2.24) is 34.8 Å². The van der Waals surface area contributed by atoms with E-state index >= 15 is 0 Å². The highest BCUT2D eigenvalue weighted by molar-refractivity contribution is 6.35. The molecule has 1 aromatic carbocycles. The average Bonchev–Trinajstić information content (AvgIpc) is 3.25. The van der Waals surface area contributed by atoms with Crippen molar-refractivity contribution >= 4 is 35.6 Å². The minimum absolute atomic E-state index is 0. The zero-order valence-electron chi connectivity index (χ0n) is 14.7. The maximum atomic E-state index is 6.27. The third-order valence-electron chi connectivity index (χ3n) is 4.57. The number of halogens is 3. The van der Waals surface area contributed by atoms with Gasteiger partial charge in [-0.25, -0.2) is 9.67 Å². The quantitative estimate of drug-likeness (QED) is 0.692. The maximum absolute atomic E-state index is 6.27. The molecular formula is C17H20Cl3N7. The number of aromatic nitrogens is 5. The van der Waals surface area contributed by atoms with E-state index in [0.717, 1.165) is 36.8 Å². The number of nitrogens with one attached hydrogen (secondary N) is 1. The first kappa shape index (κ1) is 20.1. The van der Waals surface area contributed by atoms with Crippen molar-refractivity contribution in [2.75, 3.05) is 19.6 Å². The number of nitrogens with zero attached hydrogens (tertiary/aromatic N) is 6. The van der Waals surface area contributed by atoms with E-state index in [-0.39, 0.29) is 18.4 Å². The molecule has 27 heavy (non-hydrogen) atoms. The summed E-state index contributed by atoms with van der Waals surface area (Å²) in [6.45, 7) is 3.43. The second-order valence-electron chi connectivity index (χ2n) is 6.34. The van der Waals surface area contributed by atoms with Gasteiger partial charge in [0.15, 0.2) is 0 Å². The molecule has 0 saturated carbocycles. The van der Waals surface area contributed by atoms with Crippen LogP contribution in [-0.4, -0.2) is 49.1 Å². The minimum atomic E-state index is 0. The van der Waals surface area contributed by atoms with Crippen molar-refractivity contribution in [2.45, 2.75) is 12.6 Å². The Bertz CT molecular complexity index is 908. The standard InChI is InChI=1S/C17H19Cl2N7.ClH/c1-24-6-5-21-17(24)16-9-20-4-7-25(16)10-13-11-26(23-22-13)15-3-2-12(18)8-14(15)19;/h2-3,5-6,8,11,16,20H,4,7,9-10H2,1H3;1H. The SMILES string of the molecule is Cl.Cn1ccnc1C1CNCCN1Cc1cn(-c2ccc(Cl)cc2Cl)nn1. The van der Waals surface area contributed by atoms with Gasteiger partial charge in [0.1, 0.15) is 5.82 Å². The van der Waals surface area contributed by atoms with Gasteiger partial charge in [0.05, 0.1) is 28.6 Å². The van der Waals surface area contributed by atoms with Crippen LogP contribution in [0.5, 0.6) is 0 Å². The van der Waals surface area contributed by atoms with Crippen LogP contribution in [0.1, 0.15) is 17.6 Å². The Labute approximate surface area is 173 Å². The summed E-state index contributed by atoms with van der Waals surface area (Å²) in [5.74, 6) is 1.05. The van der Waals surface area contributed by atoms with E-state index in [2.05, 4.69) is 30.1 Å². The van der Waals surface area contributed by atoms with E-state index in [9.17, 15) is 0 Å². The molecule has 0 spiro atoms. The van der Waals surface area contributed by atoms with Crippen molar-refractivity contribution in [3.63, 3.8) is 0 Å². The van der Waals surface area contributed by atoms with Crippen LogP contribution in [0.15, 0.2) is 36.8 Å². The van der Waals surface area contributed by atoms with Crippen LogP contribution < -0.4 is 5.32 Å². The molecule has 7 nitrogen and oxygen atoms in total. The largest absolute Gasteiger partial charge is 0.337 e. The average molecular weight is 429 g/mol. The summed E-state index contributed by atoms with van der Waals surface area (Å²) in [5, 5.41) is 13.1. The van der Waals surface area contributed by atoms with E-state index in [0.29, 0.717) is 16.6 Å². The molecule has 3 aromatic rings. The van der Waals surface area contributed by atoms with Crippen LogP contribution in [0, 0.1) is 0 Å². The molecule has 0 aliphatic carbocycles. The molecule has 1 atom stereocenters. The first-order valence-electron chi connectivity index (χ1n) is 8.40. The molecule has 4 rings (SSSR count). The van der Waals surface area contributed by atoms with Crippen molar-refractivity contribution in [3.8, 4) is 5.69 Å². The lowest BCUT2D eigenvalue weighted by atomic mass is 10.1. The molecule has 10 heteroatoms. The van der Waals surface area contributed by atoms with Gasteiger partial charge in [0.25, 0.3) is 0 Å². The number of hydrogen-bond donors (Lipinski definition) is 1. The van der Waals surface area contributed by atoms with E-state index in [4.69, 9.17) is 23.2 Å². The maximum Gasteiger partial charge on any atom is 0.127 e. The van der Waals surface area contributed by atoms with Gasteiger partial charge in [0, 0.05) is 50.6 Å². The van der Waals surface area contributed by atoms with Gasteiger partial charge in [0.2, 0.25) is 0 Å². The predicted octanol–water partition coefficient (Wildman–Crippen LogP) is 2.88. The van der Waals surface area contributed by atoms with Gasteiger partial charge >= 0.3 is 0 Å². The summed E-state index contributed by atoms with van der Waals surface area (Å²) in [4.78, 5) is 6.89. The third kappa shape index (κ3) is 4.28. The van der Waals surface area contributed by atoms with Gasteiger partial charge in [-0.1, -0.05) is 28.4 Å². The molecule has 0 bridgehead atoms. The second-order valence-corrected chi connectivity index (χ2v) is 7.18. The Balaban J connectivity index is 0.00000210. The Kier molecular flexibility index (Phi) is 6.39. The lowest BCUT2D eigenvalue weighted by Gasteiger charge is -2.35. The molecule has 144 valence electrons. The highest BCUT2D eigenvalue weighted by atomic mass is 35.5. The molecule has 1 saturated heterocycles. The third-order valence-corrected chi connectivity index (χ3v) is 5.11. The van der Waals surface area contributed by atoms with Crippen molar-refractivity contribution < 1.29 is 0 Å². The van der Waals surface area contributed by atoms with Crippen molar-refractivity contribution in [2.24, 2.45) is 7.05 Å². The normalized spacial score (nSPS) is 17.7. The topological polar surface area (TPSA) is 63.8 Å². The minimum Gasteiger partial charge on any atom is -0.337 e. The fourth-order valence-corrected chi connectivity index (χ4v) is 3.75. The van der Waals surface area contributed by atoms with Gasteiger partial charge in [-0.05, 0) is 18.2 Å². The zero-order valence-corrected chi connectivity index (χ0v) is 17.0. The number of imidazole rings is 1. The Morgan fingerprint density at radius 1 is 1.30 bits per heavy atom. The van der Waals surface area contributed by atoms with Crippen LogP contribution in [-0.2, 0) is 13.6 Å². The van der Waals surface area contributed by atoms with Crippen LogP contribution in [0.3, 0.4) is 0 Å². The summed E-state index contributed by atoms with van der Waals surface area (Å²) >= 11 is 12.2. The lowest BCUT2D eigenvalue weighted by molar-refractivity contribution is 0.143. The summed E-state index contributed by atoms with van der Waals surface area (Å²) in [5.41, 5.74) is 1.65. The zero-order chi connectivity index (χ0) is 18.1. The number of rotatable bonds is 4. The Hall–Kier alpha value is -1.64. The van der Waals surface area contributed by atoms with E-state index in [1.807, 2.05) is 31.7 Å². The molecule has 1 N–H and O–H groups in total. The first-order chi connectivity index (χ1) is 12.6. The van der Waals surface area contributed by atoms with Crippen LogP contribution in [0.2, 0.25) is 10.0 Å². The predicted molar refractivity (Wildman–Crippen MR) is 108 cm³/mol. The van der Waals surface area contributed by atoms with Crippen LogP contribution >= 0.6 is 35.6 Å². The molecule has 1 fully saturated rings. The summed E-state index contributed by atoms with van der Waals surface area (Å²) in [6, 6.07) is 5.53. The number of benzene rings is 1. The molecule has 3 heterocycles. The van der Waals surface area contributed by atoms with E-state index < -0.39 is 0 Å². The van der Waals surface area contributed by atoms with Crippen molar-refractivity contribution in [3.05, 3.63) is 58.4 Å². The number of aryl methyl sites for hydroxylation is 1. The fraction of sp³-hybridized carbons (Fsp3) is 0.353. The van der Waals surface area contributed by atoms with E-state index in [1.165, 1.54) is 0 Å². The summed E-state index contributed by atoms with van der Waals surface area (Å²) in [6.07, 6.45) is 5.72. The van der Waals surface area contributed by atoms with Crippen LogP contribution in [0.4, 0.5) is 0 Å². The number of piperazine rings is 1. The second kappa shape index (κ2) is 8.58. The highest BCUT2D eigenvalue weighted by Crippen LogP contribution is 2.25. The highest BCUT2D eigenvalue weighted by Gasteiger charge is 2.27. The lowest BCUT2D eigenvalue weighted by Crippen LogP contribution is -2.46. The Morgan fingerprint density at radius 3 is 2.89 bits per heavy atom. The first-order valence-corrected chi connectivity index (χ1v) is 9.16. The smallest absolute Gasteiger partial charge is 0.127 e. The molecule has 0 radical (unpaired) electrons. The molecule has 1 unspecified atom stereocenters. The van der Waals surface area contributed by atoms with Gasteiger partial charge in [-0.3, -0.25) is 4.90 Å². The Morgan fingerprint density at radius 2 is 2.15 bits per heavy atom. The van der Waals surface area contributed by atoms with Crippen molar-refractivity contribution in [1.29, 1.82) is 0 Å². The monoisotopic (exact) mass is 427 g/mol. The molecule has 0 amide bonds. The molecule has 2 aromatic heterocycles. The summed E-state index contributed by atoms with van der Waals surface area (Å²) in [7, 11) is 2.02. The summed E-state index contributed by atoms with van der Waals surface area (Å²) < 4.78 is 3.75. The fourth-order valence-electron chi connectivity index (χ4n) is 3.25. The molecular weight excluding hydrogens is 409 g/mol. The molecule has 1 aliphatic heterocycles. The van der Waals surface area contributed by atoms with Crippen LogP contribution in [0.25, 0.3) is 5.69 Å². The van der Waals surface area contributed by atoms with E-state index in [1.54, 1.807) is 16.8 Å². The van der Waals surface area contributed by atoms with Gasteiger partial charge in [-0.15, -0.1) is 17.5 Å².